The highest BCUT2D eigenvalue weighted by Crippen LogP contribution is 2.51. The van der Waals surface area contributed by atoms with Gasteiger partial charge in [-0.15, -0.1) is 11.8 Å². The van der Waals surface area contributed by atoms with Crippen LogP contribution >= 0.6 is 11.8 Å². The Kier molecular flexibility index (Phi) is 3.24. The lowest BCUT2D eigenvalue weighted by molar-refractivity contribution is 0.785. The monoisotopic (exact) mass is 252 g/mol. The van der Waals surface area contributed by atoms with Crippen molar-refractivity contribution in [2.45, 2.75) is 18.1 Å². The van der Waals surface area contributed by atoms with Crippen molar-refractivity contribution in [2.24, 2.45) is 0 Å². The SMILES string of the molecule is CC1=CSC(c2ccccc2)C1c1ccccc1. The Bertz CT molecular complexity index is 542. The molecule has 0 spiro atoms. The third kappa shape index (κ3) is 2.11. The summed E-state index contributed by atoms with van der Waals surface area (Å²) in [5.41, 5.74) is 4.31. The standard InChI is InChI=1S/C17H16S/c1-13-12-18-17(15-10-6-3-7-11-15)16(13)14-8-4-2-5-9-14/h2-12,16-17H,1H3. The molecule has 0 nitrogen and oxygen atoms in total. The number of allylic oxidation sites excluding steroid dienone is 1. The van der Waals surface area contributed by atoms with Crippen LogP contribution in [0.5, 0.6) is 0 Å². The molecule has 0 aromatic heterocycles. The molecule has 1 aliphatic heterocycles. The molecule has 90 valence electrons. The number of hydrogen-bond donors (Lipinski definition) is 0. The van der Waals surface area contributed by atoms with Crippen LogP contribution in [0.25, 0.3) is 0 Å². The van der Waals surface area contributed by atoms with E-state index in [9.17, 15) is 0 Å². The van der Waals surface area contributed by atoms with Crippen molar-refractivity contribution in [3.63, 3.8) is 0 Å². The van der Waals surface area contributed by atoms with Crippen LogP contribution in [0.15, 0.2) is 71.6 Å². The summed E-state index contributed by atoms with van der Waals surface area (Å²) in [6.07, 6.45) is 0. The average molecular weight is 252 g/mol. The first kappa shape index (κ1) is 11.6. The Balaban J connectivity index is 1.98. The summed E-state index contributed by atoms with van der Waals surface area (Å²) in [6, 6.07) is 21.6. The third-order valence-electron chi connectivity index (χ3n) is 3.48. The normalized spacial score (nSPS) is 22.8. The first-order valence-electron chi connectivity index (χ1n) is 6.28. The van der Waals surface area contributed by atoms with E-state index in [1.165, 1.54) is 16.7 Å². The van der Waals surface area contributed by atoms with E-state index in [1.54, 1.807) is 0 Å². The average Bonchev–Trinajstić information content (AvgIpc) is 2.83. The second kappa shape index (κ2) is 5.03. The summed E-state index contributed by atoms with van der Waals surface area (Å²) in [7, 11) is 0. The van der Waals surface area contributed by atoms with Crippen molar-refractivity contribution in [2.75, 3.05) is 0 Å². The number of rotatable bonds is 2. The van der Waals surface area contributed by atoms with Crippen LogP contribution in [0.1, 0.15) is 29.2 Å². The van der Waals surface area contributed by atoms with Gasteiger partial charge in [-0.3, -0.25) is 0 Å². The van der Waals surface area contributed by atoms with Gasteiger partial charge in [0.1, 0.15) is 0 Å². The van der Waals surface area contributed by atoms with Gasteiger partial charge in [-0.2, -0.15) is 0 Å². The van der Waals surface area contributed by atoms with Gasteiger partial charge in [0.25, 0.3) is 0 Å². The minimum atomic E-state index is 0.513. The van der Waals surface area contributed by atoms with Crippen LogP contribution in [0.3, 0.4) is 0 Å². The van der Waals surface area contributed by atoms with E-state index in [0.29, 0.717) is 11.2 Å². The van der Waals surface area contributed by atoms with Crippen molar-refractivity contribution in [1.82, 2.24) is 0 Å². The fourth-order valence-corrected chi connectivity index (χ4v) is 3.93. The summed E-state index contributed by atoms with van der Waals surface area (Å²) < 4.78 is 0. The maximum Gasteiger partial charge on any atom is 0.0444 e. The molecule has 2 unspecified atom stereocenters. The summed E-state index contributed by atoms with van der Waals surface area (Å²) in [6.45, 7) is 2.24. The van der Waals surface area contributed by atoms with Crippen molar-refractivity contribution in [3.05, 3.63) is 82.8 Å². The molecule has 2 aromatic carbocycles. The molecule has 0 amide bonds. The second-order valence-electron chi connectivity index (χ2n) is 4.72. The Morgan fingerprint density at radius 2 is 1.33 bits per heavy atom. The highest BCUT2D eigenvalue weighted by Gasteiger charge is 2.30. The van der Waals surface area contributed by atoms with Crippen LogP contribution in [0.2, 0.25) is 0 Å². The molecular formula is C17H16S. The quantitative estimate of drug-likeness (QED) is 0.711. The van der Waals surface area contributed by atoms with Crippen LogP contribution < -0.4 is 0 Å². The Morgan fingerprint density at radius 3 is 1.94 bits per heavy atom. The van der Waals surface area contributed by atoms with Gasteiger partial charge in [0.15, 0.2) is 0 Å². The molecule has 0 N–H and O–H groups in total. The molecule has 1 heterocycles. The molecule has 3 rings (SSSR count). The second-order valence-corrected chi connectivity index (χ2v) is 5.73. The van der Waals surface area contributed by atoms with Gasteiger partial charge >= 0.3 is 0 Å². The topological polar surface area (TPSA) is 0 Å². The Hall–Kier alpha value is -1.47. The molecule has 0 fully saturated rings. The van der Waals surface area contributed by atoms with Gasteiger partial charge in [0.05, 0.1) is 0 Å². The molecule has 1 heteroatoms. The minimum absolute atomic E-state index is 0.513. The number of benzene rings is 2. The molecule has 0 saturated heterocycles. The van der Waals surface area contributed by atoms with E-state index < -0.39 is 0 Å². The molecule has 0 radical (unpaired) electrons. The maximum absolute atomic E-state index is 2.31. The molecule has 0 aliphatic carbocycles. The lowest BCUT2D eigenvalue weighted by Gasteiger charge is -2.21. The van der Waals surface area contributed by atoms with Gasteiger partial charge < -0.3 is 0 Å². The van der Waals surface area contributed by atoms with E-state index in [4.69, 9.17) is 0 Å². The summed E-state index contributed by atoms with van der Waals surface area (Å²) in [4.78, 5) is 0. The highest BCUT2D eigenvalue weighted by atomic mass is 32.2. The predicted octanol–water partition coefficient (Wildman–Crippen LogP) is 5.16. The van der Waals surface area contributed by atoms with Crippen molar-refractivity contribution in [3.8, 4) is 0 Å². The first-order valence-corrected chi connectivity index (χ1v) is 7.22. The Morgan fingerprint density at radius 1 is 0.778 bits per heavy atom. The zero-order valence-corrected chi connectivity index (χ0v) is 11.2. The largest absolute Gasteiger partial charge is 0.125 e. The Labute approximate surface area is 113 Å². The first-order chi connectivity index (χ1) is 8.86. The third-order valence-corrected chi connectivity index (χ3v) is 4.83. The van der Waals surface area contributed by atoms with Gasteiger partial charge in [-0.05, 0) is 23.5 Å². The molecular weight excluding hydrogens is 236 g/mol. The van der Waals surface area contributed by atoms with E-state index in [1.807, 2.05) is 11.8 Å². The zero-order chi connectivity index (χ0) is 12.4. The lowest BCUT2D eigenvalue weighted by atomic mass is 9.87. The van der Waals surface area contributed by atoms with Crippen molar-refractivity contribution >= 4 is 11.8 Å². The van der Waals surface area contributed by atoms with Crippen LogP contribution in [-0.4, -0.2) is 0 Å². The molecule has 0 bridgehead atoms. The summed E-state index contributed by atoms with van der Waals surface area (Å²) in [5.74, 6) is 0.513. The van der Waals surface area contributed by atoms with Crippen molar-refractivity contribution < 1.29 is 0 Å². The highest BCUT2D eigenvalue weighted by molar-refractivity contribution is 8.02. The number of thioether (sulfide) groups is 1. The molecule has 2 atom stereocenters. The maximum atomic E-state index is 2.31. The summed E-state index contributed by atoms with van der Waals surface area (Å²) in [5, 5.41) is 2.84. The molecule has 0 saturated carbocycles. The summed E-state index contributed by atoms with van der Waals surface area (Å²) >= 11 is 1.94. The van der Waals surface area contributed by atoms with E-state index in [-0.39, 0.29) is 0 Å². The molecule has 18 heavy (non-hydrogen) atoms. The predicted molar refractivity (Wildman–Crippen MR) is 79.7 cm³/mol. The van der Waals surface area contributed by atoms with Gasteiger partial charge in [-0.25, -0.2) is 0 Å². The molecule has 2 aromatic rings. The van der Waals surface area contributed by atoms with Gasteiger partial charge in [0, 0.05) is 11.2 Å². The van der Waals surface area contributed by atoms with E-state index in [0.717, 1.165) is 0 Å². The van der Waals surface area contributed by atoms with Crippen LogP contribution in [0.4, 0.5) is 0 Å². The van der Waals surface area contributed by atoms with Crippen LogP contribution in [0, 0.1) is 0 Å². The van der Waals surface area contributed by atoms with Gasteiger partial charge in [-0.1, -0.05) is 66.2 Å². The minimum Gasteiger partial charge on any atom is -0.125 e. The van der Waals surface area contributed by atoms with Gasteiger partial charge in [0.2, 0.25) is 0 Å². The lowest BCUT2D eigenvalue weighted by Crippen LogP contribution is -2.05. The fourth-order valence-electron chi connectivity index (χ4n) is 2.58. The zero-order valence-electron chi connectivity index (χ0n) is 10.4. The fraction of sp³-hybridized carbons (Fsp3) is 0.176. The van der Waals surface area contributed by atoms with E-state index in [2.05, 4.69) is 73.0 Å². The van der Waals surface area contributed by atoms with E-state index >= 15 is 0 Å². The smallest absolute Gasteiger partial charge is 0.0444 e. The number of hydrogen-bond acceptors (Lipinski definition) is 1. The van der Waals surface area contributed by atoms with Crippen LogP contribution in [-0.2, 0) is 0 Å². The molecule has 1 aliphatic rings. The van der Waals surface area contributed by atoms with Crippen molar-refractivity contribution in [1.29, 1.82) is 0 Å².